The number of nitrogens with two attached hydrogens (primary N) is 1. The van der Waals surface area contributed by atoms with E-state index in [-0.39, 0.29) is 6.42 Å². The van der Waals surface area contributed by atoms with Crippen molar-refractivity contribution in [1.82, 2.24) is 31.9 Å². The predicted octanol–water partition coefficient (Wildman–Crippen LogP) is -1.34. The second-order valence-electron chi connectivity index (χ2n) is 10.7. The molecule has 0 saturated heterocycles. The zero-order chi connectivity index (χ0) is 33.2. The molecule has 0 aliphatic carbocycles. The van der Waals surface area contributed by atoms with Gasteiger partial charge in [-0.3, -0.25) is 33.6 Å². The Bertz CT molecular complexity index is 1130. The molecular formula is C29H45N7O8. The smallest absolute Gasteiger partial charge is 0.325 e. The van der Waals surface area contributed by atoms with Crippen LogP contribution in [-0.4, -0.2) is 83.8 Å². The molecule has 0 bridgehead atoms. The summed E-state index contributed by atoms with van der Waals surface area (Å²) in [6, 6.07) is 5.17. The van der Waals surface area contributed by atoms with Gasteiger partial charge in [0.2, 0.25) is 35.4 Å². The van der Waals surface area contributed by atoms with Crippen molar-refractivity contribution >= 4 is 41.4 Å². The highest BCUT2D eigenvalue weighted by atomic mass is 16.4. The fourth-order valence-electron chi connectivity index (χ4n) is 4.04. The third kappa shape index (κ3) is 15.1. The van der Waals surface area contributed by atoms with Crippen molar-refractivity contribution < 1.29 is 38.7 Å². The zero-order valence-electron chi connectivity index (χ0n) is 25.6. The maximum Gasteiger partial charge on any atom is 0.325 e. The van der Waals surface area contributed by atoms with Crippen LogP contribution in [0.1, 0.15) is 58.9 Å². The second kappa shape index (κ2) is 19.6. The Morgan fingerprint density at radius 2 is 1.48 bits per heavy atom. The van der Waals surface area contributed by atoms with Gasteiger partial charge in [-0.25, -0.2) is 0 Å². The molecule has 1 aromatic carbocycles. The first-order valence-electron chi connectivity index (χ1n) is 14.4. The molecule has 0 saturated carbocycles. The first-order valence-corrected chi connectivity index (χ1v) is 14.4. The predicted molar refractivity (Wildman–Crippen MR) is 160 cm³/mol. The second-order valence-corrected chi connectivity index (χ2v) is 10.7. The number of carboxylic acid groups (broad SMARTS) is 1. The van der Waals surface area contributed by atoms with Crippen LogP contribution in [-0.2, 0) is 40.1 Å². The average molecular weight is 620 g/mol. The summed E-state index contributed by atoms with van der Waals surface area (Å²) in [5, 5.41) is 24.5. The Morgan fingerprint density at radius 3 is 2.05 bits per heavy atom. The lowest BCUT2D eigenvalue weighted by Gasteiger charge is -2.26. The number of carboxylic acids is 1. The van der Waals surface area contributed by atoms with Gasteiger partial charge in [-0.05, 0) is 44.2 Å². The van der Waals surface area contributed by atoms with Gasteiger partial charge in [-0.2, -0.15) is 0 Å². The average Bonchev–Trinajstić information content (AvgIpc) is 2.94. The fourth-order valence-corrected chi connectivity index (χ4v) is 4.04. The van der Waals surface area contributed by atoms with Crippen LogP contribution in [0.5, 0.6) is 0 Å². The van der Waals surface area contributed by atoms with Crippen molar-refractivity contribution in [3.05, 3.63) is 35.9 Å². The van der Waals surface area contributed by atoms with Crippen molar-refractivity contribution in [3.63, 3.8) is 0 Å². The Morgan fingerprint density at radius 1 is 0.818 bits per heavy atom. The van der Waals surface area contributed by atoms with Crippen LogP contribution in [0.2, 0.25) is 0 Å². The summed E-state index contributed by atoms with van der Waals surface area (Å²) in [7, 11) is 0. The van der Waals surface area contributed by atoms with Crippen molar-refractivity contribution in [2.75, 3.05) is 13.1 Å². The summed E-state index contributed by atoms with van der Waals surface area (Å²) in [6.07, 6.45) is 0.908. The molecule has 0 fully saturated rings. The summed E-state index contributed by atoms with van der Waals surface area (Å²) in [6.45, 7) is 6.53. The van der Waals surface area contributed by atoms with Crippen LogP contribution in [0.3, 0.4) is 0 Å². The number of hydrogen-bond donors (Lipinski definition) is 8. The van der Waals surface area contributed by atoms with Crippen molar-refractivity contribution in [2.24, 2.45) is 11.7 Å². The molecule has 0 spiro atoms. The Labute approximate surface area is 256 Å². The maximum atomic E-state index is 13.3. The van der Waals surface area contributed by atoms with Gasteiger partial charge in [0.25, 0.3) is 0 Å². The lowest BCUT2D eigenvalue weighted by molar-refractivity contribution is -0.142. The van der Waals surface area contributed by atoms with E-state index in [4.69, 9.17) is 10.8 Å². The molecule has 0 aliphatic rings. The Balaban J connectivity index is 2.87. The van der Waals surface area contributed by atoms with E-state index in [2.05, 4.69) is 31.9 Å². The molecule has 15 nitrogen and oxygen atoms in total. The van der Waals surface area contributed by atoms with Crippen LogP contribution in [0, 0.1) is 5.92 Å². The van der Waals surface area contributed by atoms with Crippen molar-refractivity contribution in [3.8, 4) is 0 Å². The molecular weight excluding hydrogens is 574 g/mol. The summed E-state index contributed by atoms with van der Waals surface area (Å²) >= 11 is 0. The van der Waals surface area contributed by atoms with Crippen molar-refractivity contribution in [1.29, 1.82) is 0 Å². The molecule has 4 atom stereocenters. The molecule has 6 amide bonds. The lowest BCUT2D eigenvalue weighted by atomic mass is 10.0. The molecule has 0 unspecified atom stereocenters. The van der Waals surface area contributed by atoms with Crippen LogP contribution >= 0.6 is 0 Å². The SMILES string of the molecule is CC(=O)N[C@@H](CC(N)=O)C(=O)NCC(=O)N[C@@H](CCCCNCc1ccccc1)C(=O)N[C@H](C(=O)N[C@@H](C)C(=O)O)C(C)C. The summed E-state index contributed by atoms with van der Waals surface area (Å²) in [5.74, 6) is -5.96. The van der Waals surface area contributed by atoms with Crippen LogP contribution < -0.4 is 37.6 Å². The minimum Gasteiger partial charge on any atom is -0.480 e. The Kier molecular flexibility index (Phi) is 16.7. The van der Waals surface area contributed by atoms with Gasteiger partial charge in [-0.15, -0.1) is 0 Å². The molecule has 0 aliphatic heterocycles. The van der Waals surface area contributed by atoms with Gasteiger partial charge in [-0.1, -0.05) is 44.2 Å². The van der Waals surface area contributed by atoms with Gasteiger partial charge in [0.05, 0.1) is 13.0 Å². The summed E-state index contributed by atoms with van der Waals surface area (Å²) < 4.78 is 0. The third-order valence-electron chi connectivity index (χ3n) is 6.42. The highest BCUT2D eigenvalue weighted by Crippen LogP contribution is 2.07. The summed E-state index contributed by atoms with van der Waals surface area (Å²) in [5.41, 5.74) is 6.25. The molecule has 44 heavy (non-hydrogen) atoms. The summed E-state index contributed by atoms with van der Waals surface area (Å²) in [4.78, 5) is 85.1. The number of carbonyl (C=O) groups is 7. The molecule has 15 heteroatoms. The molecule has 9 N–H and O–H groups in total. The van der Waals surface area contributed by atoms with Crippen molar-refractivity contribution in [2.45, 2.75) is 84.1 Å². The fraction of sp³-hybridized carbons (Fsp3) is 0.552. The first-order chi connectivity index (χ1) is 20.7. The van der Waals surface area contributed by atoms with Crippen LogP contribution in [0.15, 0.2) is 30.3 Å². The highest BCUT2D eigenvalue weighted by molar-refractivity contribution is 5.95. The van der Waals surface area contributed by atoms with E-state index >= 15 is 0 Å². The highest BCUT2D eigenvalue weighted by Gasteiger charge is 2.30. The number of nitrogens with one attached hydrogen (secondary N) is 6. The van der Waals surface area contributed by atoms with E-state index in [0.717, 1.165) is 12.5 Å². The molecule has 0 radical (unpaired) electrons. The molecule has 0 aromatic heterocycles. The van der Waals surface area contributed by atoms with Gasteiger partial charge in [0.15, 0.2) is 0 Å². The van der Waals surface area contributed by atoms with E-state index in [9.17, 15) is 33.6 Å². The topological polar surface area (TPSA) is 238 Å². The number of carbonyl (C=O) groups excluding carboxylic acids is 6. The van der Waals surface area contributed by atoms with E-state index in [1.807, 2.05) is 30.3 Å². The standard InChI is InChI=1S/C29H45N7O8/c1-17(2)25(28(42)33-18(3)29(43)44)36-27(41)21(12-8-9-13-31-15-20-10-6-5-7-11-20)35-24(39)16-32-26(40)22(14-23(30)38)34-19(4)37/h5-7,10-11,17-18,21-22,25,31H,8-9,12-16H2,1-4H3,(H2,30,38)(H,32,40)(H,33,42)(H,34,37)(H,35,39)(H,36,41)(H,43,44)/t18-,21-,22-,25-/m0/s1. The largest absolute Gasteiger partial charge is 0.480 e. The van der Waals surface area contributed by atoms with E-state index in [1.165, 1.54) is 6.92 Å². The minimum atomic E-state index is -1.28. The van der Waals surface area contributed by atoms with E-state index < -0.39 is 84.5 Å². The number of benzene rings is 1. The van der Waals surface area contributed by atoms with Crippen LogP contribution in [0.25, 0.3) is 0 Å². The number of rotatable bonds is 20. The lowest BCUT2D eigenvalue weighted by Crippen LogP contribution is -2.57. The first kappa shape index (κ1) is 37.5. The molecule has 1 aromatic rings. The molecule has 244 valence electrons. The van der Waals surface area contributed by atoms with E-state index in [1.54, 1.807) is 13.8 Å². The zero-order valence-corrected chi connectivity index (χ0v) is 25.6. The quantitative estimate of drug-likeness (QED) is 0.0805. The maximum absolute atomic E-state index is 13.3. The van der Waals surface area contributed by atoms with E-state index in [0.29, 0.717) is 25.9 Å². The number of amides is 6. The normalized spacial score (nSPS) is 13.5. The minimum absolute atomic E-state index is 0.201. The van der Waals surface area contributed by atoms with Gasteiger partial charge in [0, 0.05) is 13.5 Å². The number of primary amides is 1. The Hall–Kier alpha value is -4.53. The van der Waals surface area contributed by atoms with Gasteiger partial charge in [0.1, 0.15) is 24.2 Å². The molecule has 1 rings (SSSR count). The number of hydrogen-bond acceptors (Lipinski definition) is 8. The monoisotopic (exact) mass is 619 g/mol. The third-order valence-corrected chi connectivity index (χ3v) is 6.42. The van der Waals surface area contributed by atoms with Crippen LogP contribution in [0.4, 0.5) is 0 Å². The number of unbranched alkanes of at least 4 members (excludes halogenated alkanes) is 1. The van der Waals surface area contributed by atoms with Gasteiger partial charge < -0.3 is 42.7 Å². The van der Waals surface area contributed by atoms with Gasteiger partial charge >= 0.3 is 5.97 Å². The molecule has 0 heterocycles. The number of aliphatic carboxylic acids is 1.